The molecule has 0 fully saturated rings. The van der Waals surface area contributed by atoms with Crippen LogP contribution in [-0.2, 0) is 0 Å². The summed E-state index contributed by atoms with van der Waals surface area (Å²) in [6, 6.07) is 6.83. The Morgan fingerprint density at radius 3 is 2.84 bits per heavy atom. The number of benzene rings is 1. The molecule has 1 heterocycles. The summed E-state index contributed by atoms with van der Waals surface area (Å²) in [4.78, 5) is 15.5. The Morgan fingerprint density at radius 2 is 2.16 bits per heavy atom. The number of carbonyl (C=O) groups is 1. The molecular weight excluding hydrogens is 242 g/mol. The first-order chi connectivity index (χ1) is 9.11. The van der Waals surface area contributed by atoms with Crippen molar-refractivity contribution in [1.82, 2.24) is 4.98 Å². The van der Waals surface area contributed by atoms with Crippen molar-refractivity contribution in [2.45, 2.75) is 13.3 Å². The first-order valence-electron chi connectivity index (χ1n) is 5.86. The van der Waals surface area contributed by atoms with Crippen LogP contribution >= 0.6 is 0 Å². The van der Waals surface area contributed by atoms with Crippen molar-refractivity contribution in [2.75, 3.05) is 6.61 Å². The highest BCUT2D eigenvalue weighted by atomic mass is 16.4. The zero-order valence-electron chi connectivity index (χ0n) is 10.5. The molecule has 1 aromatic heterocycles. The van der Waals surface area contributed by atoms with Gasteiger partial charge in [-0.3, -0.25) is 4.98 Å². The Morgan fingerprint density at radius 1 is 1.37 bits per heavy atom. The standard InChI is InChI=1S/C15H13NO3/c1-10-8-13(15(18)19)12-9-11(4-2-3-7-17)5-6-14(12)16-10/h5-6,8-9,17H,3,7H2,1H3,(H,18,19). The van der Waals surface area contributed by atoms with E-state index in [1.54, 1.807) is 31.2 Å². The summed E-state index contributed by atoms with van der Waals surface area (Å²) in [6.07, 6.45) is 0.399. The van der Waals surface area contributed by atoms with E-state index in [0.717, 1.165) is 0 Å². The maximum absolute atomic E-state index is 11.2. The summed E-state index contributed by atoms with van der Waals surface area (Å²) in [5.74, 6) is 4.72. The molecule has 0 radical (unpaired) electrons. The van der Waals surface area contributed by atoms with Crippen LogP contribution in [-0.4, -0.2) is 27.8 Å². The second-order valence-corrected chi connectivity index (χ2v) is 4.12. The number of aryl methyl sites for hydroxylation is 1. The van der Waals surface area contributed by atoms with Gasteiger partial charge >= 0.3 is 5.97 Å². The van der Waals surface area contributed by atoms with Gasteiger partial charge in [0.25, 0.3) is 0 Å². The topological polar surface area (TPSA) is 70.4 Å². The third kappa shape index (κ3) is 2.90. The number of hydrogen-bond acceptors (Lipinski definition) is 3. The predicted molar refractivity (Wildman–Crippen MR) is 72.0 cm³/mol. The van der Waals surface area contributed by atoms with Crippen LogP contribution in [0.25, 0.3) is 10.9 Å². The molecule has 0 aliphatic heterocycles. The fourth-order valence-corrected chi connectivity index (χ4v) is 1.83. The van der Waals surface area contributed by atoms with Gasteiger partial charge < -0.3 is 10.2 Å². The molecule has 0 aliphatic rings. The van der Waals surface area contributed by atoms with E-state index in [2.05, 4.69) is 16.8 Å². The first kappa shape index (κ1) is 13.1. The fraction of sp³-hybridized carbons (Fsp3) is 0.200. The summed E-state index contributed by atoms with van der Waals surface area (Å²) < 4.78 is 0. The van der Waals surface area contributed by atoms with Crippen molar-refractivity contribution in [1.29, 1.82) is 0 Å². The Balaban J connectivity index is 2.58. The lowest BCUT2D eigenvalue weighted by molar-refractivity contribution is 0.0699. The van der Waals surface area contributed by atoms with E-state index < -0.39 is 5.97 Å². The molecule has 0 bridgehead atoms. The zero-order chi connectivity index (χ0) is 13.8. The number of aliphatic hydroxyl groups excluding tert-OH is 1. The van der Waals surface area contributed by atoms with Crippen LogP contribution in [0.3, 0.4) is 0 Å². The van der Waals surface area contributed by atoms with Crippen LogP contribution in [0, 0.1) is 18.8 Å². The SMILES string of the molecule is Cc1cc(C(=O)O)c2cc(C#CCCO)ccc2n1. The Labute approximate surface area is 110 Å². The van der Waals surface area contributed by atoms with E-state index in [9.17, 15) is 9.90 Å². The van der Waals surface area contributed by atoms with Crippen LogP contribution in [0.1, 0.15) is 28.0 Å². The maximum atomic E-state index is 11.2. The molecule has 96 valence electrons. The summed E-state index contributed by atoms with van der Waals surface area (Å²) in [7, 11) is 0. The Hall–Kier alpha value is -2.38. The van der Waals surface area contributed by atoms with Gasteiger partial charge in [-0.2, -0.15) is 0 Å². The van der Waals surface area contributed by atoms with Gasteiger partial charge in [0.2, 0.25) is 0 Å². The molecule has 4 heteroatoms. The number of rotatable bonds is 2. The lowest BCUT2D eigenvalue weighted by Crippen LogP contribution is -2.00. The highest BCUT2D eigenvalue weighted by molar-refractivity contribution is 6.02. The summed E-state index contributed by atoms with van der Waals surface area (Å²) in [5, 5.41) is 18.5. The fourth-order valence-electron chi connectivity index (χ4n) is 1.83. The average molecular weight is 255 g/mol. The smallest absolute Gasteiger partial charge is 0.336 e. The summed E-state index contributed by atoms with van der Waals surface area (Å²) in [6.45, 7) is 1.78. The highest BCUT2D eigenvalue weighted by Gasteiger charge is 2.10. The third-order valence-corrected chi connectivity index (χ3v) is 2.64. The molecule has 19 heavy (non-hydrogen) atoms. The van der Waals surface area contributed by atoms with Crippen molar-refractivity contribution in [3.05, 3.63) is 41.1 Å². The van der Waals surface area contributed by atoms with Crippen molar-refractivity contribution in [2.24, 2.45) is 0 Å². The van der Waals surface area contributed by atoms with Gasteiger partial charge in [0.1, 0.15) is 0 Å². The Bertz CT molecular complexity index is 696. The number of aromatic carboxylic acids is 1. The zero-order valence-corrected chi connectivity index (χ0v) is 10.5. The minimum Gasteiger partial charge on any atom is -0.478 e. The quantitative estimate of drug-likeness (QED) is 0.805. The van der Waals surface area contributed by atoms with Gasteiger partial charge in [-0.15, -0.1) is 0 Å². The lowest BCUT2D eigenvalue weighted by Gasteiger charge is -2.04. The lowest BCUT2D eigenvalue weighted by atomic mass is 10.0. The molecule has 0 saturated carbocycles. The van der Waals surface area contributed by atoms with E-state index in [1.807, 2.05) is 0 Å². The number of aliphatic hydroxyl groups is 1. The number of aromatic nitrogens is 1. The third-order valence-electron chi connectivity index (χ3n) is 2.64. The molecule has 0 saturated heterocycles. The van der Waals surface area contributed by atoms with Gasteiger partial charge in [-0.1, -0.05) is 11.8 Å². The molecule has 0 spiro atoms. The molecule has 4 nitrogen and oxygen atoms in total. The number of pyridine rings is 1. The number of carboxylic acid groups (broad SMARTS) is 1. The number of carboxylic acids is 1. The van der Waals surface area contributed by atoms with E-state index in [4.69, 9.17) is 5.11 Å². The predicted octanol–water partition coefficient (Wildman–Crippen LogP) is 1.98. The monoisotopic (exact) mass is 255 g/mol. The maximum Gasteiger partial charge on any atom is 0.336 e. The molecule has 2 N–H and O–H groups in total. The molecule has 0 atom stereocenters. The van der Waals surface area contributed by atoms with Crippen LogP contribution in [0.2, 0.25) is 0 Å². The first-order valence-corrected chi connectivity index (χ1v) is 5.86. The second-order valence-electron chi connectivity index (χ2n) is 4.12. The molecule has 2 rings (SSSR count). The van der Waals surface area contributed by atoms with Crippen molar-refractivity contribution < 1.29 is 15.0 Å². The second kappa shape index (κ2) is 5.51. The number of nitrogens with zero attached hydrogens (tertiary/aromatic N) is 1. The van der Waals surface area contributed by atoms with Gasteiger partial charge in [-0.05, 0) is 31.2 Å². The van der Waals surface area contributed by atoms with Crippen molar-refractivity contribution in [3.63, 3.8) is 0 Å². The molecule has 0 amide bonds. The minimum absolute atomic E-state index is 0.0156. The molecule has 2 aromatic rings. The Kier molecular flexibility index (Phi) is 3.79. The molecular formula is C15H13NO3. The molecule has 0 aliphatic carbocycles. The van der Waals surface area contributed by atoms with Gasteiger partial charge in [0, 0.05) is 23.1 Å². The van der Waals surface area contributed by atoms with Crippen molar-refractivity contribution in [3.8, 4) is 11.8 Å². The highest BCUT2D eigenvalue weighted by Crippen LogP contribution is 2.20. The normalized spacial score (nSPS) is 10.0. The van der Waals surface area contributed by atoms with Gasteiger partial charge in [0.15, 0.2) is 0 Å². The van der Waals surface area contributed by atoms with E-state index in [0.29, 0.717) is 28.6 Å². The van der Waals surface area contributed by atoms with E-state index in [1.165, 1.54) is 0 Å². The average Bonchev–Trinajstić information content (AvgIpc) is 2.38. The van der Waals surface area contributed by atoms with E-state index in [-0.39, 0.29) is 12.2 Å². The van der Waals surface area contributed by atoms with Crippen LogP contribution in [0.4, 0.5) is 0 Å². The molecule has 0 unspecified atom stereocenters. The van der Waals surface area contributed by atoms with Gasteiger partial charge in [0.05, 0.1) is 17.7 Å². The summed E-state index contributed by atoms with van der Waals surface area (Å²) in [5.41, 5.74) is 2.26. The largest absolute Gasteiger partial charge is 0.478 e. The molecule has 1 aromatic carbocycles. The van der Waals surface area contributed by atoms with Crippen LogP contribution in [0.15, 0.2) is 24.3 Å². The van der Waals surface area contributed by atoms with E-state index >= 15 is 0 Å². The summed E-state index contributed by atoms with van der Waals surface area (Å²) >= 11 is 0. The number of hydrogen-bond donors (Lipinski definition) is 2. The van der Waals surface area contributed by atoms with Crippen LogP contribution < -0.4 is 0 Å². The van der Waals surface area contributed by atoms with Crippen molar-refractivity contribution >= 4 is 16.9 Å². The van der Waals surface area contributed by atoms with Crippen LogP contribution in [0.5, 0.6) is 0 Å². The van der Waals surface area contributed by atoms with Gasteiger partial charge in [-0.25, -0.2) is 4.79 Å². The number of fused-ring (bicyclic) bond motifs is 1. The minimum atomic E-state index is -0.976.